The topological polar surface area (TPSA) is 12.5 Å². The summed E-state index contributed by atoms with van der Waals surface area (Å²) in [6.45, 7) is 2.49. The minimum atomic E-state index is 0.444. The van der Waals surface area contributed by atoms with Crippen LogP contribution in [0.1, 0.15) is 29.9 Å². The first-order chi connectivity index (χ1) is 10.7. The maximum atomic E-state index is 6.13. The van der Waals surface area contributed by atoms with Gasteiger partial charge in [0.15, 0.2) is 0 Å². The third-order valence-electron chi connectivity index (χ3n) is 4.06. The van der Waals surface area contributed by atoms with Crippen molar-refractivity contribution < 1.29 is 4.84 Å². The second kappa shape index (κ2) is 7.47. The van der Waals surface area contributed by atoms with Crippen LogP contribution in [-0.4, -0.2) is 18.2 Å². The smallest absolute Gasteiger partial charge is 0.0935 e. The van der Waals surface area contributed by atoms with Gasteiger partial charge in [0.2, 0.25) is 0 Å². The monoisotopic (exact) mass is 335 g/mol. The molecule has 0 amide bonds. The number of piperidine rings is 1. The minimum absolute atomic E-state index is 0.444. The Balaban J connectivity index is 1.60. The molecule has 0 aliphatic carbocycles. The summed E-state index contributed by atoms with van der Waals surface area (Å²) in [5, 5.41) is 3.31. The van der Waals surface area contributed by atoms with E-state index in [4.69, 9.17) is 28.0 Å². The largest absolute Gasteiger partial charge is 0.294 e. The van der Waals surface area contributed by atoms with Crippen molar-refractivity contribution in [1.82, 2.24) is 5.06 Å². The zero-order chi connectivity index (χ0) is 15.4. The normalized spacial score (nSPS) is 19.3. The third kappa shape index (κ3) is 4.02. The molecule has 22 heavy (non-hydrogen) atoms. The number of benzene rings is 2. The van der Waals surface area contributed by atoms with Crippen LogP contribution in [0.4, 0.5) is 0 Å². The van der Waals surface area contributed by atoms with E-state index in [1.54, 1.807) is 0 Å². The molecule has 1 fully saturated rings. The second-order valence-electron chi connectivity index (χ2n) is 5.66. The fraction of sp³-hybridized carbons (Fsp3) is 0.333. The van der Waals surface area contributed by atoms with Crippen molar-refractivity contribution >= 4 is 23.2 Å². The van der Waals surface area contributed by atoms with Gasteiger partial charge < -0.3 is 0 Å². The number of rotatable bonds is 4. The van der Waals surface area contributed by atoms with Gasteiger partial charge in [-0.2, -0.15) is 5.06 Å². The molecule has 1 atom stereocenters. The average Bonchev–Trinajstić information content (AvgIpc) is 2.57. The highest BCUT2D eigenvalue weighted by atomic mass is 35.5. The van der Waals surface area contributed by atoms with Crippen molar-refractivity contribution in [2.24, 2.45) is 0 Å². The molecular formula is C18H19Cl2NO. The second-order valence-corrected chi connectivity index (χ2v) is 6.47. The van der Waals surface area contributed by atoms with Crippen LogP contribution in [0.5, 0.6) is 0 Å². The average molecular weight is 336 g/mol. The summed E-state index contributed by atoms with van der Waals surface area (Å²) in [6.07, 6.45) is 2.28. The summed E-state index contributed by atoms with van der Waals surface area (Å²) in [5.41, 5.74) is 2.43. The fourth-order valence-corrected chi connectivity index (χ4v) is 3.14. The Morgan fingerprint density at radius 2 is 1.86 bits per heavy atom. The van der Waals surface area contributed by atoms with Gasteiger partial charge in [-0.1, -0.05) is 59.6 Å². The predicted molar refractivity (Wildman–Crippen MR) is 91.2 cm³/mol. The van der Waals surface area contributed by atoms with E-state index >= 15 is 0 Å². The Morgan fingerprint density at radius 1 is 1.05 bits per heavy atom. The molecule has 2 aromatic carbocycles. The highest BCUT2D eigenvalue weighted by molar-refractivity contribution is 6.42. The Labute approximate surface area is 141 Å². The number of hydrogen-bond acceptors (Lipinski definition) is 2. The van der Waals surface area contributed by atoms with Crippen molar-refractivity contribution in [3.63, 3.8) is 0 Å². The van der Waals surface area contributed by atoms with Gasteiger partial charge in [-0.15, -0.1) is 0 Å². The van der Waals surface area contributed by atoms with E-state index < -0.39 is 0 Å². The van der Waals surface area contributed by atoms with Crippen LogP contribution in [0.15, 0.2) is 48.5 Å². The molecule has 0 radical (unpaired) electrons. The standard InChI is InChI=1S/C18H19Cl2NO/c19-17-9-8-15(11-18(17)20)16-7-4-10-21(12-16)22-13-14-5-2-1-3-6-14/h1-3,5-6,8-9,11,16H,4,7,10,12-13H2. The summed E-state index contributed by atoms with van der Waals surface area (Å²) in [5.74, 6) is 0.444. The van der Waals surface area contributed by atoms with Crippen LogP contribution in [-0.2, 0) is 11.4 Å². The first-order valence-electron chi connectivity index (χ1n) is 7.59. The van der Waals surface area contributed by atoms with Gasteiger partial charge >= 0.3 is 0 Å². The molecule has 4 heteroatoms. The third-order valence-corrected chi connectivity index (χ3v) is 4.79. The fourth-order valence-electron chi connectivity index (χ4n) is 2.84. The molecule has 1 unspecified atom stereocenters. The van der Waals surface area contributed by atoms with Gasteiger partial charge in [-0.3, -0.25) is 4.84 Å². The lowest BCUT2D eigenvalue weighted by molar-refractivity contribution is -0.182. The van der Waals surface area contributed by atoms with E-state index in [-0.39, 0.29) is 0 Å². The van der Waals surface area contributed by atoms with E-state index in [2.05, 4.69) is 23.3 Å². The van der Waals surface area contributed by atoms with Crippen molar-refractivity contribution in [3.8, 4) is 0 Å². The first-order valence-corrected chi connectivity index (χ1v) is 8.35. The lowest BCUT2D eigenvalue weighted by Gasteiger charge is -2.32. The molecule has 116 valence electrons. The summed E-state index contributed by atoms with van der Waals surface area (Å²) >= 11 is 12.1. The molecule has 1 heterocycles. The zero-order valence-corrected chi connectivity index (χ0v) is 13.9. The molecule has 1 aliphatic rings. The molecule has 1 aliphatic heterocycles. The number of hydrogen-bond donors (Lipinski definition) is 0. The quantitative estimate of drug-likeness (QED) is 0.751. The van der Waals surface area contributed by atoms with E-state index in [0.717, 1.165) is 25.9 Å². The molecule has 0 spiro atoms. The molecule has 2 nitrogen and oxygen atoms in total. The van der Waals surface area contributed by atoms with E-state index in [1.165, 1.54) is 11.1 Å². The maximum absolute atomic E-state index is 6.13. The van der Waals surface area contributed by atoms with Gasteiger partial charge in [-0.05, 0) is 42.0 Å². The van der Waals surface area contributed by atoms with E-state index in [0.29, 0.717) is 22.6 Å². The minimum Gasteiger partial charge on any atom is -0.294 e. The number of nitrogens with zero attached hydrogens (tertiary/aromatic N) is 1. The zero-order valence-electron chi connectivity index (χ0n) is 12.3. The van der Waals surface area contributed by atoms with Crippen molar-refractivity contribution in [2.45, 2.75) is 25.4 Å². The Hall–Kier alpha value is -1.06. The Bertz CT molecular complexity index is 618. The summed E-state index contributed by atoms with van der Waals surface area (Å²) in [6, 6.07) is 16.2. The first kappa shape index (κ1) is 15.8. The van der Waals surface area contributed by atoms with Crippen LogP contribution in [0, 0.1) is 0 Å². The Kier molecular flexibility index (Phi) is 5.37. The van der Waals surface area contributed by atoms with Crippen LogP contribution < -0.4 is 0 Å². The Morgan fingerprint density at radius 3 is 2.64 bits per heavy atom. The maximum Gasteiger partial charge on any atom is 0.0935 e. The molecule has 3 rings (SSSR count). The molecule has 2 aromatic rings. The highest BCUT2D eigenvalue weighted by Gasteiger charge is 2.22. The van der Waals surface area contributed by atoms with Gasteiger partial charge in [-0.25, -0.2) is 0 Å². The van der Waals surface area contributed by atoms with E-state index in [1.807, 2.05) is 30.3 Å². The van der Waals surface area contributed by atoms with E-state index in [9.17, 15) is 0 Å². The molecule has 1 saturated heterocycles. The van der Waals surface area contributed by atoms with Crippen LogP contribution in [0.2, 0.25) is 10.0 Å². The molecule has 0 N–H and O–H groups in total. The lowest BCUT2D eigenvalue weighted by atomic mass is 9.91. The van der Waals surface area contributed by atoms with Crippen molar-refractivity contribution in [1.29, 1.82) is 0 Å². The van der Waals surface area contributed by atoms with Crippen molar-refractivity contribution in [3.05, 3.63) is 69.7 Å². The molecule has 0 saturated carbocycles. The number of hydroxylamine groups is 2. The molecule has 0 bridgehead atoms. The molecule has 0 aromatic heterocycles. The van der Waals surface area contributed by atoms with Crippen LogP contribution >= 0.6 is 23.2 Å². The van der Waals surface area contributed by atoms with Gasteiger partial charge in [0.1, 0.15) is 0 Å². The van der Waals surface area contributed by atoms with Crippen LogP contribution in [0.25, 0.3) is 0 Å². The van der Waals surface area contributed by atoms with Gasteiger partial charge in [0.25, 0.3) is 0 Å². The summed E-state index contributed by atoms with van der Waals surface area (Å²) < 4.78 is 0. The number of halogens is 2. The predicted octanol–water partition coefficient (Wildman–Crippen LogP) is 5.30. The summed E-state index contributed by atoms with van der Waals surface area (Å²) in [7, 11) is 0. The molecular weight excluding hydrogens is 317 g/mol. The summed E-state index contributed by atoms with van der Waals surface area (Å²) in [4.78, 5) is 5.95. The SMILES string of the molecule is Clc1ccc(C2CCCN(OCc3ccccc3)C2)cc1Cl. The van der Waals surface area contributed by atoms with Crippen LogP contribution in [0.3, 0.4) is 0 Å². The lowest BCUT2D eigenvalue weighted by Crippen LogP contribution is -2.34. The van der Waals surface area contributed by atoms with Gasteiger partial charge in [0.05, 0.1) is 16.7 Å². The highest BCUT2D eigenvalue weighted by Crippen LogP contribution is 2.31. The van der Waals surface area contributed by atoms with Crippen molar-refractivity contribution in [2.75, 3.05) is 13.1 Å². The van der Waals surface area contributed by atoms with Gasteiger partial charge in [0, 0.05) is 13.1 Å².